The first-order chi connectivity index (χ1) is 13.7. The van der Waals surface area contributed by atoms with Gasteiger partial charge in [0.1, 0.15) is 0 Å². The number of aromatic hydroxyl groups is 2. The van der Waals surface area contributed by atoms with Gasteiger partial charge in [-0.25, -0.2) is 4.79 Å². The van der Waals surface area contributed by atoms with E-state index in [1.165, 1.54) is 29.3 Å². The van der Waals surface area contributed by atoms with Crippen molar-refractivity contribution in [2.75, 3.05) is 5.01 Å². The average molecular weight is 415 g/mol. The zero-order chi connectivity index (χ0) is 21.3. The number of hydrazone groups is 1. The van der Waals surface area contributed by atoms with Crippen LogP contribution < -0.4 is 5.01 Å². The molecule has 0 fully saturated rings. The maximum Gasteiger partial charge on any atom is 0.339 e. The van der Waals surface area contributed by atoms with Crippen LogP contribution in [-0.2, 0) is 9.53 Å². The molecule has 1 aliphatic rings. The number of anilines is 1. The predicted octanol–water partition coefficient (Wildman–Crippen LogP) is 4.12. The van der Waals surface area contributed by atoms with Crippen LogP contribution in [-0.4, -0.2) is 33.9 Å². The van der Waals surface area contributed by atoms with Crippen molar-refractivity contribution >= 4 is 41.0 Å². The monoisotopic (exact) mass is 414 g/mol. The lowest BCUT2D eigenvalue weighted by Crippen LogP contribution is -2.22. The van der Waals surface area contributed by atoms with Crippen LogP contribution in [0.5, 0.6) is 11.5 Å². The molecule has 7 nitrogen and oxygen atoms in total. The molecule has 29 heavy (non-hydrogen) atoms. The highest BCUT2D eigenvalue weighted by atomic mass is 35.5. The van der Waals surface area contributed by atoms with E-state index in [0.29, 0.717) is 22.5 Å². The van der Waals surface area contributed by atoms with E-state index in [1.807, 2.05) is 0 Å². The summed E-state index contributed by atoms with van der Waals surface area (Å²) in [7, 11) is 0. The van der Waals surface area contributed by atoms with E-state index >= 15 is 0 Å². The molecule has 1 aliphatic heterocycles. The lowest BCUT2D eigenvalue weighted by molar-refractivity contribution is -0.114. The van der Waals surface area contributed by atoms with E-state index in [1.54, 1.807) is 39.0 Å². The van der Waals surface area contributed by atoms with Gasteiger partial charge in [0.25, 0.3) is 5.91 Å². The van der Waals surface area contributed by atoms with Crippen molar-refractivity contribution < 1.29 is 24.5 Å². The lowest BCUT2D eigenvalue weighted by Gasteiger charge is -2.14. The fraction of sp³-hybridized carbons (Fsp3) is 0.190. The normalized spacial score (nSPS) is 15.2. The summed E-state index contributed by atoms with van der Waals surface area (Å²) in [4.78, 5) is 25.2. The van der Waals surface area contributed by atoms with Crippen molar-refractivity contribution in [3.05, 3.63) is 58.1 Å². The Labute approximate surface area is 172 Å². The third-order valence-electron chi connectivity index (χ3n) is 4.13. The van der Waals surface area contributed by atoms with Crippen LogP contribution in [0.3, 0.4) is 0 Å². The fourth-order valence-corrected chi connectivity index (χ4v) is 2.93. The van der Waals surface area contributed by atoms with Crippen LogP contribution in [0.15, 0.2) is 47.1 Å². The molecule has 8 heteroatoms. The Morgan fingerprint density at radius 3 is 2.55 bits per heavy atom. The van der Waals surface area contributed by atoms with Crippen molar-refractivity contribution in [3.63, 3.8) is 0 Å². The second-order valence-corrected chi connectivity index (χ2v) is 7.13. The van der Waals surface area contributed by atoms with Gasteiger partial charge in [-0.3, -0.25) is 4.79 Å². The first-order valence-corrected chi connectivity index (χ1v) is 9.19. The number of benzene rings is 2. The predicted molar refractivity (Wildman–Crippen MR) is 110 cm³/mol. The molecular formula is C21H19ClN2O5. The summed E-state index contributed by atoms with van der Waals surface area (Å²) >= 11 is 6.11. The highest BCUT2D eigenvalue weighted by Gasteiger charge is 2.29. The molecule has 0 aliphatic carbocycles. The van der Waals surface area contributed by atoms with Crippen LogP contribution in [0, 0.1) is 0 Å². The minimum atomic E-state index is -0.588. The zero-order valence-corrected chi connectivity index (χ0v) is 16.8. The van der Waals surface area contributed by atoms with Crippen LogP contribution in [0.25, 0.3) is 6.08 Å². The van der Waals surface area contributed by atoms with Gasteiger partial charge >= 0.3 is 5.97 Å². The van der Waals surface area contributed by atoms with Gasteiger partial charge in [-0.1, -0.05) is 17.7 Å². The number of phenolic OH excluding ortho intramolecular Hbond substituents is 2. The molecule has 0 unspecified atom stereocenters. The van der Waals surface area contributed by atoms with Gasteiger partial charge in [-0.2, -0.15) is 10.1 Å². The minimum Gasteiger partial charge on any atom is -0.504 e. The molecule has 150 valence electrons. The Morgan fingerprint density at radius 1 is 1.17 bits per heavy atom. The van der Waals surface area contributed by atoms with Crippen molar-refractivity contribution in [1.29, 1.82) is 0 Å². The van der Waals surface area contributed by atoms with E-state index in [0.717, 1.165) is 0 Å². The fourth-order valence-electron chi connectivity index (χ4n) is 2.74. The number of ether oxygens (including phenoxy) is 1. The highest BCUT2D eigenvalue weighted by Crippen LogP contribution is 2.30. The molecule has 2 aromatic rings. The Balaban J connectivity index is 1.93. The number of esters is 1. The van der Waals surface area contributed by atoms with Gasteiger partial charge in [-0.15, -0.1) is 0 Å². The van der Waals surface area contributed by atoms with E-state index in [-0.39, 0.29) is 28.2 Å². The third-order valence-corrected chi connectivity index (χ3v) is 4.46. The molecule has 0 radical (unpaired) electrons. The Bertz CT molecular complexity index is 1060. The number of nitrogens with zero attached hydrogens (tertiary/aromatic N) is 2. The van der Waals surface area contributed by atoms with Gasteiger partial charge in [-0.05, 0) is 62.7 Å². The largest absolute Gasteiger partial charge is 0.504 e. The van der Waals surface area contributed by atoms with Crippen molar-refractivity contribution in [2.45, 2.75) is 26.9 Å². The number of halogens is 1. The highest BCUT2D eigenvalue weighted by molar-refractivity contribution is 6.34. The van der Waals surface area contributed by atoms with Gasteiger partial charge in [0, 0.05) is 0 Å². The maximum absolute atomic E-state index is 12.9. The summed E-state index contributed by atoms with van der Waals surface area (Å²) in [5, 5.41) is 24.7. The van der Waals surface area contributed by atoms with E-state index in [9.17, 15) is 19.8 Å². The smallest absolute Gasteiger partial charge is 0.339 e. The molecule has 2 N–H and O–H groups in total. The van der Waals surface area contributed by atoms with E-state index in [4.69, 9.17) is 16.3 Å². The van der Waals surface area contributed by atoms with Crippen LogP contribution in [0.2, 0.25) is 5.02 Å². The Hall–Kier alpha value is -3.32. The molecule has 0 saturated carbocycles. The second kappa shape index (κ2) is 7.97. The number of amides is 1. The van der Waals surface area contributed by atoms with Crippen molar-refractivity contribution in [3.8, 4) is 11.5 Å². The quantitative estimate of drug-likeness (QED) is 0.445. The number of carbonyl (C=O) groups excluding carboxylic acids is 2. The molecule has 0 bridgehead atoms. The second-order valence-electron chi connectivity index (χ2n) is 6.73. The van der Waals surface area contributed by atoms with Crippen LogP contribution in [0.4, 0.5) is 5.69 Å². The summed E-state index contributed by atoms with van der Waals surface area (Å²) in [6, 6.07) is 8.78. The average Bonchev–Trinajstić information content (AvgIpc) is 2.92. The Morgan fingerprint density at radius 2 is 1.90 bits per heavy atom. The maximum atomic E-state index is 12.9. The summed E-state index contributed by atoms with van der Waals surface area (Å²) < 4.78 is 5.19. The third kappa shape index (κ3) is 4.25. The van der Waals surface area contributed by atoms with Crippen molar-refractivity contribution in [1.82, 2.24) is 0 Å². The van der Waals surface area contributed by atoms with Crippen LogP contribution >= 0.6 is 11.6 Å². The zero-order valence-electron chi connectivity index (χ0n) is 16.0. The number of rotatable bonds is 4. The standard InChI is InChI=1S/C21H19ClN2O5/c1-11(2)29-21(28)16-10-14(5-6-17(16)22)24-20(27)15(12(3)23-24)8-13-4-7-18(25)19(26)9-13/h4-11,25-26H,1-3H3/b15-8-. The summed E-state index contributed by atoms with van der Waals surface area (Å²) in [5.41, 5.74) is 1.81. The summed E-state index contributed by atoms with van der Waals surface area (Å²) in [6.45, 7) is 5.13. The number of carbonyl (C=O) groups is 2. The van der Waals surface area contributed by atoms with Gasteiger partial charge in [0.05, 0.1) is 33.7 Å². The first kappa shape index (κ1) is 20.4. The first-order valence-electron chi connectivity index (χ1n) is 8.81. The van der Waals surface area contributed by atoms with Gasteiger partial charge in [0.15, 0.2) is 11.5 Å². The molecule has 1 amide bonds. The number of hydrogen-bond acceptors (Lipinski definition) is 6. The molecular weight excluding hydrogens is 396 g/mol. The van der Waals surface area contributed by atoms with Gasteiger partial charge < -0.3 is 14.9 Å². The number of hydrogen-bond donors (Lipinski definition) is 2. The summed E-state index contributed by atoms with van der Waals surface area (Å²) in [6.07, 6.45) is 1.25. The number of phenols is 2. The molecule has 0 saturated heterocycles. The van der Waals surface area contributed by atoms with Crippen molar-refractivity contribution in [2.24, 2.45) is 5.10 Å². The molecule has 1 heterocycles. The SMILES string of the molecule is CC1=NN(c2ccc(Cl)c(C(=O)OC(C)C)c2)C(=O)/C1=C\c1ccc(O)c(O)c1. The molecule has 2 aromatic carbocycles. The van der Waals surface area contributed by atoms with E-state index in [2.05, 4.69) is 5.10 Å². The Kier molecular flexibility index (Phi) is 5.61. The molecule has 3 rings (SSSR count). The summed E-state index contributed by atoms with van der Waals surface area (Å²) in [5.74, 6) is -1.53. The lowest BCUT2D eigenvalue weighted by atomic mass is 10.1. The van der Waals surface area contributed by atoms with Gasteiger partial charge in [0.2, 0.25) is 0 Å². The molecule has 0 atom stereocenters. The minimum absolute atomic E-state index is 0.138. The van der Waals surface area contributed by atoms with Crippen LogP contribution in [0.1, 0.15) is 36.7 Å². The topological polar surface area (TPSA) is 99.4 Å². The van der Waals surface area contributed by atoms with E-state index < -0.39 is 11.9 Å². The molecule has 0 spiro atoms. The molecule has 0 aromatic heterocycles.